The van der Waals surface area contributed by atoms with Crippen LogP contribution in [0.4, 0.5) is 11.4 Å². The van der Waals surface area contributed by atoms with Crippen molar-refractivity contribution in [2.24, 2.45) is 7.05 Å². The number of nitrogens with one attached hydrogen (secondary N) is 1. The first-order valence-corrected chi connectivity index (χ1v) is 10.3. The molecule has 0 saturated heterocycles. The number of ether oxygens (including phenoxy) is 1. The van der Waals surface area contributed by atoms with Crippen molar-refractivity contribution >= 4 is 38.9 Å². The molecule has 2 aromatic carbocycles. The van der Waals surface area contributed by atoms with Crippen molar-refractivity contribution in [2.75, 3.05) is 23.8 Å². The Labute approximate surface area is 173 Å². The molecule has 3 aromatic rings. The van der Waals surface area contributed by atoms with Crippen molar-refractivity contribution in [3.63, 3.8) is 0 Å². The van der Waals surface area contributed by atoms with Crippen LogP contribution in [0.1, 0.15) is 10.4 Å². The molecule has 29 heavy (non-hydrogen) atoms. The second-order valence-corrected chi connectivity index (χ2v) is 8.55. The molecule has 0 aliphatic heterocycles. The molecule has 1 amide bonds. The maximum absolute atomic E-state index is 13.0. The molecular formula is C19H19ClN4O4S. The van der Waals surface area contributed by atoms with Crippen LogP contribution in [0.3, 0.4) is 0 Å². The minimum Gasteiger partial charge on any atom is -0.497 e. The maximum Gasteiger partial charge on any atom is 0.264 e. The Bertz CT molecular complexity index is 1140. The lowest BCUT2D eigenvalue weighted by atomic mass is 10.2. The van der Waals surface area contributed by atoms with Crippen LogP contribution in [-0.2, 0) is 17.1 Å². The van der Waals surface area contributed by atoms with E-state index in [1.54, 1.807) is 37.5 Å². The fraction of sp³-hybridized carbons (Fsp3) is 0.158. The predicted octanol–water partition coefficient (Wildman–Crippen LogP) is 3.16. The van der Waals surface area contributed by atoms with Crippen molar-refractivity contribution in [1.29, 1.82) is 0 Å². The molecular weight excluding hydrogens is 416 g/mol. The van der Waals surface area contributed by atoms with Gasteiger partial charge in [-0.05, 0) is 42.5 Å². The smallest absolute Gasteiger partial charge is 0.264 e. The molecule has 10 heteroatoms. The monoisotopic (exact) mass is 434 g/mol. The van der Waals surface area contributed by atoms with Gasteiger partial charge in [0.2, 0.25) is 0 Å². The molecule has 0 bridgehead atoms. The molecule has 152 valence electrons. The van der Waals surface area contributed by atoms with Crippen LogP contribution in [0, 0.1) is 0 Å². The largest absolute Gasteiger partial charge is 0.497 e. The van der Waals surface area contributed by atoms with E-state index in [1.165, 1.54) is 43.2 Å². The highest BCUT2D eigenvalue weighted by Gasteiger charge is 2.24. The first kappa shape index (κ1) is 20.7. The lowest BCUT2D eigenvalue weighted by Gasteiger charge is -2.20. The number of aromatic nitrogens is 2. The molecule has 0 aliphatic rings. The number of benzene rings is 2. The Balaban J connectivity index is 1.91. The van der Waals surface area contributed by atoms with E-state index >= 15 is 0 Å². The molecule has 3 rings (SSSR count). The molecule has 0 atom stereocenters. The number of hydrogen-bond acceptors (Lipinski definition) is 5. The van der Waals surface area contributed by atoms with Crippen LogP contribution in [0.5, 0.6) is 5.75 Å². The summed E-state index contributed by atoms with van der Waals surface area (Å²) in [5, 5.41) is 6.75. The van der Waals surface area contributed by atoms with Gasteiger partial charge in [0.05, 0.1) is 40.2 Å². The summed E-state index contributed by atoms with van der Waals surface area (Å²) < 4.78 is 33.8. The van der Waals surface area contributed by atoms with Gasteiger partial charge in [0.15, 0.2) is 0 Å². The zero-order valence-electron chi connectivity index (χ0n) is 16.0. The number of amides is 1. The van der Waals surface area contributed by atoms with Gasteiger partial charge in [0.1, 0.15) is 5.75 Å². The van der Waals surface area contributed by atoms with Crippen LogP contribution < -0.4 is 14.4 Å². The predicted molar refractivity (Wildman–Crippen MR) is 111 cm³/mol. The van der Waals surface area contributed by atoms with Gasteiger partial charge < -0.3 is 10.1 Å². The molecule has 1 heterocycles. The molecule has 0 saturated carbocycles. The molecule has 0 radical (unpaired) electrons. The lowest BCUT2D eigenvalue weighted by molar-refractivity contribution is 0.102. The molecule has 0 spiro atoms. The van der Waals surface area contributed by atoms with Crippen molar-refractivity contribution in [3.8, 4) is 5.75 Å². The summed E-state index contributed by atoms with van der Waals surface area (Å²) >= 11 is 6.14. The van der Waals surface area contributed by atoms with E-state index in [0.717, 1.165) is 4.31 Å². The highest BCUT2D eigenvalue weighted by Crippen LogP contribution is 2.27. The van der Waals surface area contributed by atoms with E-state index < -0.39 is 15.9 Å². The first-order chi connectivity index (χ1) is 13.7. The van der Waals surface area contributed by atoms with E-state index in [-0.39, 0.29) is 15.5 Å². The zero-order valence-corrected chi connectivity index (χ0v) is 17.5. The number of hydrogen-bond donors (Lipinski definition) is 1. The average Bonchev–Trinajstić information content (AvgIpc) is 3.12. The second kappa shape index (κ2) is 8.14. The summed E-state index contributed by atoms with van der Waals surface area (Å²) in [5.41, 5.74) is 0.957. The lowest BCUT2D eigenvalue weighted by Crippen LogP contribution is -2.27. The summed E-state index contributed by atoms with van der Waals surface area (Å²) in [6, 6.07) is 10.6. The topological polar surface area (TPSA) is 93.5 Å². The minimum absolute atomic E-state index is 0.0414. The van der Waals surface area contributed by atoms with Gasteiger partial charge in [-0.2, -0.15) is 5.10 Å². The Morgan fingerprint density at radius 1 is 1.21 bits per heavy atom. The molecule has 0 aliphatic carbocycles. The number of carbonyl (C=O) groups excluding carboxylic acids is 1. The first-order valence-electron chi connectivity index (χ1n) is 8.45. The number of anilines is 2. The zero-order chi connectivity index (χ0) is 21.2. The fourth-order valence-corrected chi connectivity index (χ4v) is 4.04. The van der Waals surface area contributed by atoms with E-state index in [4.69, 9.17) is 16.3 Å². The van der Waals surface area contributed by atoms with Crippen LogP contribution in [-0.4, -0.2) is 38.3 Å². The van der Waals surface area contributed by atoms with Crippen molar-refractivity contribution in [3.05, 3.63) is 65.4 Å². The standard InChI is InChI=1S/C19H19ClN4O4S/c1-23-12-13(11-21-23)22-19(25)17-10-16(8-9-18(17)20)29(26,27)24(2)14-4-6-15(28-3)7-5-14/h4-12H,1-3H3,(H,22,25). The maximum atomic E-state index is 13.0. The Kier molecular flexibility index (Phi) is 5.81. The fourth-order valence-electron chi connectivity index (χ4n) is 2.61. The van der Waals surface area contributed by atoms with E-state index in [1.807, 2.05) is 0 Å². The number of sulfonamides is 1. The normalized spacial score (nSPS) is 11.2. The Morgan fingerprint density at radius 3 is 2.48 bits per heavy atom. The quantitative estimate of drug-likeness (QED) is 0.643. The number of carbonyl (C=O) groups is 1. The molecule has 1 N–H and O–H groups in total. The van der Waals surface area contributed by atoms with Crippen molar-refractivity contribution in [2.45, 2.75) is 4.90 Å². The third-order valence-corrected chi connectivity index (χ3v) is 6.35. The number of methoxy groups -OCH3 is 1. The SMILES string of the molecule is COc1ccc(N(C)S(=O)(=O)c2ccc(Cl)c(C(=O)Nc3cnn(C)c3)c2)cc1. The van der Waals surface area contributed by atoms with Gasteiger partial charge in [0, 0.05) is 20.3 Å². The molecule has 0 fully saturated rings. The number of halogens is 1. The van der Waals surface area contributed by atoms with E-state index in [9.17, 15) is 13.2 Å². The van der Waals surface area contributed by atoms with Crippen molar-refractivity contribution in [1.82, 2.24) is 9.78 Å². The third-order valence-electron chi connectivity index (χ3n) is 4.24. The second-order valence-electron chi connectivity index (χ2n) is 6.17. The highest BCUT2D eigenvalue weighted by atomic mass is 35.5. The van der Waals surface area contributed by atoms with Crippen LogP contribution >= 0.6 is 11.6 Å². The summed E-state index contributed by atoms with van der Waals surface area (Å²) in [5.74, 6) is 0.0764. The van der Waals surface area contributed by atoms with Gasteiger partial charge in [-0.1, -0.05) is 11.6 Å². The number of nitrogens with zero attached hydrogens (tertiary/aromatic N) is 3. The van der Waals surface area contributed by atoms with Crippen LogP contribution in [0.15, 0.2) is 59.8 Å². The summed E-state index contributed by atoms with van der Waals surface area (Å²) in [7, 11) is 0.758. The molecule has 1 aromatic heterocycles. The van der Waals surface area contributed by atoms with E-state index in [0.29, 0.717) is 17.1 Å². The summed E-state index contributed by atoms with van der Waals surface area (Å²) in [6.07, 6.45) is 3.09. The van der Waals surface area contributed by atoms with Gasteiger partial charge in [-0.15, -0.1) is 0 Å². The van der Waals surface area contributed by atoms with Gasteiger partial charge in [-0.25, -0.2) is 8.42 Å². The summed E-state index contributed by atoms with van der Waals surface area (Å²) in [4.78, 5) is 12.5. The molecule has 8 nitrogen and oxygen atoms in total. The van der Waals surface area contributed by atoms with Gasteiger partial charge in [-0.3, -0.25) is 13.8 Å². The minimum atomic E-state index is -3.92. The van der Waals surface area contributed by atoms with Gasteiger partial charge in [0.25, 0.3) is 15.9 Å². The van der Waals surface area contributed by atoms with Crippen LogP contribution in [0.2, 0.25) is 5.02 Å². The van der Waals surface area contributed by atoms with Crippen molar-refractivity contribution < 1.29 is 17.9 Å². The third kappa shape index (κ3) is 4.36. The number of rotatable bonds is 6. The number of aryl methyl sites for hydroxylation is 1. The Morgan fingerprint density at radius 2 is 1.90 bits per heavy atom. The average molecular weight is 435 g/mol. The summed E-state index contributed by atoms with van der Waals surface area (Å²) in [6.45, 7) is 0. The van der Waals surface area contributed by atoms with Crippen LogP contribution in [0.25, 0.3) is 0 Å². The highest BCUT2D eigenvalue weighted by molar-refractivity contribution is 7.92. The Hall–Kier alpha value is -3.04. The van der Waals surface area contributed by atoms with E-state index in [2.05, 4.69) is 10.4 Å². The molecule has 0 unspecified atom stereocenters. The van der Waals surface area contributed by atoms with Gasteiger partial charge >= 0.3 is 0 Å².